The Morgan fingerprint density at radius 2 is 2.13 bits per heavy atom. The molecule has 5 nitrogen and oxygen atoms in total. The molecule has 1 fully saturated rings. The average Bonchev–Trinajstić information content (AvgIpc) is 3.21. The van der Waals surface area contributed by atoms with Crippen molar-refractivity contribution in [1.29, 1.82) is 0 Å². The third-order valence-corrected chi connectivity index (χ3v) is 5.29. The normalized spacial score (nSPS) is 18.7. The van der Waals surface area contributed by atoms with E-state index in [0.29, 0.717) is 17.9 Å². The molecular weight excluding hydrogens is 290 g/mol. The van der Waals surface area contributed by atoms with E-state index in [1.807, 2.05) is 11.8 Å². The molecule has 4 rings (SSSR count). The zero-order chi connectivity index (χ0) is 15.9. The maximum Gasteiger partial charge on any atom is 0.276 e. The van der Waals surface area contributed by atoms with Crippen LogP contribution >= 0.6 is 0 Å². The molecule has 1 aromatic carbocycles. The van der Waals surface area contributed by atoms with Crippen molar-refractivity contribution < 1.29 is 9.21 Å². The van der Waals surface area contributed by atoms with Crippen LogP contribution in [-0.2, 0) is 11.8 Å². The molecular formula is C18H21N3O2. The van der Waals surface area contributed by atoms with Gasteiger partial charge in [-0.15, -0.1) is 0 Å². The minimum atomic E-state index is 0.00434. The Bertz CT molecular complexity index is 729. The molecule has 120 valence electrons. The molecule has 2 aliphatic heterocycles. The summed E-state index contributed by atoms with van der Waals surface area (Å²) < 4.78 is 5.30. The molecule has 1 aromatic heterocycles. The number of carbonyl (C=O) groups is 1. The molecule has 2 aromatic rings. The number of rotatable bonds is 2. The number of carbonyl (C=O) groups excluding carboxylic acids is 1. The minimum absolute atomic E-state index is 0.00434. The van der Waals surface area contributed by atoms with Gasteiger partial charge in [-0.25, -0.2) is 4.98 Å². The number of anilines is 1. The molecule has 0 atom stereocenters. The van der Waals surface area contributed by atoms with Crippen molar-refractivity contribution in [3.05, 3.63) is 47.7 Å². The number of aromatic nitrogens is 1. The minimum Gasteiger partial charge on any atom is -0.448 e. The Morgan fingerprint density at radius 1 is 1.35 bits per heavy atom. The molecule has 0 unspecified atom stereocenters. The molecule has 1 amide bonds. The monoisotopic (exact) mass is 311 g/mol. The molecule has 2 aliphatic rings. The standard InChI is InChI=1S/C18H21N3O2/c1-2-15-16(20-12-23-15)17(22)21-9-7-18(8-10-21)11-19-14-6-4-3-5-13(14)18/h3-6,12,19H,2,7-11H2,1H3. The fraction of sp³-hybridized carbons (Fsp3) is 0.444. The number of para-hydroxylation sites is 1. The second-order valence-electron chi connectivity index (χ2n) is 6.45. The summed E-state index contributed by atoms with van der Waals surface area (Å²) >= 11 is 0. The van der Waals surface area contributed by atoms with Crippen LogP contribution in [0.25, 0.3) is 0 Å². The smallest absolute Gasteiger partial charge is 0.276 e. The molecule has 1 N–H and O–H groups in total. The SMILES string of the molecule is CCc1ocnc1C(=O)N1CCC2(CC1)CNc1ccccc12. The second-order valence-corrected chi connectivity index (χ2v) is 6.45. The van der Waals surface area contributed by atoms with E-state index in [2.05, 4.69) is 34.6 Å². The highest BCUT2D eigenvalue weighted by Gasteiger charge is 2.42. The van der Waals surface area contributed by atoms with Crippen molar-refractivity contribution in [2.75, 3.05) is 25.0 Å². The Kier molecular flexibility index (Phi) is 3.36. The number of nitrogens with one attached hydrogen (secondary N) is 1. The van der Waals surface area contributed by atoms with Gasteiger partial charge < -0.3 is 14.6 Å². The zero-order valence-electron chi connectivity index (χ0n) is 13.3. The van der Waals surface area contributed by atoms with Crippen LogP contribution in [0.4, 0.5) is 5.69 Å². The van der Waals surface area contributed by atoms with Crippen LogP contribution in [-0.4, -0.2) is 35.4 Å². The van der Waals surface area contributed by atoms with E-state index in [4.69, 9.17) is 4.42 Å². The van der Waals surface area contributed by atoms with E-state index in [1.165, 1.54) is 17.6 Å². The van der Waals surface area contributed by atoms with Gasteiger partial charge in [0.05, 0.1) is 0 Å². The average molecular weight is 311 g/mol. The lowest BCUT2D eigenvalue weighted by molar-refractivity contribution is 0.0669. The van der Waals surface area contributed by atoms with Crippen LogP contribution in [0.5, 0.6) is 0 Å². The van der Waals surface area contributed by atoms with Gasteiger partial charge in [-0.05, 0) is 24.5 Å². The van der Waals surface area contributed by atoms with Crippen LogP contribution in [0.1, 0.15) is 41.6 Å². The number of fused-ring (bicyclic) bond motifs is 2. The predicted molar refractivity (Wildman–Crippen MR) is 87.6 cm³/mol. The van der Waals surface area contributed by atoms with E-state index in [9.17, 15) is 4.79 Å². The summed E-state index contributed by atoms with van der Waals surface area (Å²) in [5.41, 5.74) is 3.30. The van der Waals surface area contributed by atoms with Gasteiger partial charge in [0.1, 0.15) is 5.76 Å². The molecule has 1 spiro atoms. The summed E-state index contributed by atoms with van der Waals surface area (Å²) in [7, 11) is 0. The van der Waals surface area contributed by atoms with Gasteiger partial charge in [0.15, 0.2) is 12.1 Å². The first kappa shape index (κ1) is 14.3. The molecule has 0 radical (unpaired) electrons. The van der Waals surface area contributed by atoms with Gasteiger partial charge >= 0.3 is 0 Å². The largest absolute Gasteiger partial charge is 0.448 e. The van der Waals surface area contributed by atoms with E-state index in [-0.39, 0.29) is 11.3 Å². The highest BCUT2D eigenvalue weighted by molar-refractivity contribution is 5.93. The first-order valence-corrected chi connectivity index (χ1v) is 8.28. The maximum atomic E-state index is 12.7. The molecule has 0 saturated carbocycles. The van der Waals surface area contributed by atoms with Crippen LogP contribution < -0.4 is 5.32 Å². The highest BCUT2D eigenvalue weighted by Crippen LogP contribution is 2.43. The number of oxazole rings is 1. The summed E-state index contributed by atoms with van der Waals surface area (Å²) in [5.74, 6) is 0.688. The first-order chi connectivity index (χ1) is 11.2. The van der Waals surface area contributed by atoms with Gasteiger partial charge in [0.25, 0.3) is 5.91 Å². The van der Waals surface area contributed by atoms with E-state index in [0.717, 1.165) is 32.5 Å². The predicted octanol–water partition coefficient (Wildman–Crippen LogP) is 2.84. The number of benzene rings is 1. The number of aryl methyl sites for hydroxylation is 1. The van der Waals surface area contributed by atoms with E-state index >= 15 is 0 Å². The number of hydrogen-bond acceptors (Lipinski definition) is 4. The third kappa shape index (κ3) is 2.22. The van der Waals surface area contributed by atoms with Crippen molar-refractivity contribution >= 4 is 11.6 Å². The molecule has 3 heterocycles. The summed E-state index contributed by atoms with van der Waals surface area (Å²) in [4.78, 5) is 18.7. The van der Waals surface area contributed by atoms with Crippen molar-refractivity contribution in [3.63, 3.8) is 0 Å². The van der Waals surface area contributed by atoms with Crippen LogP contribution in [0.2, 0.25) is 0 Å². The Balaban J connectivity index is 1.51. The lowest BCUT2D eigenvalue weighted by Gasteiger charge is -2.39. The summed E-state index contributed by atoms with van der Waals surface area (Å²) in [5, 5.41) is 3.52. The third-order valence-electron chi connectivity index (χ3n) is 5.29. The van der Waals surface area contributed by atoms with E-state index < -0.39 is 0 Å². The highest BCUT2D eigenvalue weighted by atomic mass is 16.3. The van der Waals surface area contributed by atoms with Gasteiger partial charge in [0, 0.05) is 37.2 Å². The first-order valence-electron chi connectivity index (χ1n) is 8.28. The van der Waals surface area contributed by atoms with Crippen LogP contribution in [0.3, 0.4) is 0 Å². The van der Waals surface area contributed by atoms with Crippen molar-refractivity contribution in [2.24, 2.45) is 0 Å². The Labute approximate surface area is 135 Å². The lowest BCUT2D eigenvalue weighted by atomic mass is 9.74. The summed E-state index contributed by atoms with van der Waals surface area (Å²) in [6.07, 6.45) is 4.04. The van der Waals surface area contributed by atoms with Crippen molar-refractivity contribution in [2.45, 2.75) is 31.6 Å². The van der Waals surface area contributed by atoms with Gasteiger partial charge in [-0.1, -0.05) is 25.1 Å². The van der Waals surface area contributed by atoms with Gasteiger partial charge in [0.2, 0.25) is 0 Å². The fourth-order valence-corrected chi connectivity index (χ4v) is 3.89. The zero-order valence-corrected chi connectivity index (χ0v) is 13.3. The lowest BCUT2D eigenvalue weighted by Crippen LogP contribution is -2.46. The van der Waals surface area contributed by atoms with Crippen LogP contribution in [0, 0.1) is 0 Å². The summed E-state index contributed by atoms with van der Waals surface area (Å²) in [6.45, 7) is 4.48. The van der Waals surface area contributed by atoms with Gasteiger partial charge in [-0.2, -0.15) is 0 Å². The number of nitrogens with zero attached hydrogens (tertiary/aromatic N) is 2. The Hall–Kier alpha value is -2.30. The molecule has 5 heteroatoms. The van der Waals surface area contributed by atoms with Crippen molar-refractivity contribution in [3.8, 4) is 0 Å². The quantitative estimate of drug-likeness (QED) is 0.926. The number of amides is 1. The number of piperidine rings is 1. The maximum absolute atomic E-state index is 12.7. The summed E-state index contributed by atoms with van der Waals surface area (Å²) in [6, 6.07) is 8.54. The fourth-order valence-electron chi connectivity index (χ4n) is 3.89. The molecule has 1 saturated heterocycles. The molecule has 0 aliphatic carbocycles. The molecule has 0 bridgehead atoms. The van der Waals surface area contributed by atoms with Crippen LogP contribution in [0.15, 0.2) is 35.1 Å². The van der Waals surface area contributed by atoms with Crippen molar-refractivity contribution in [1.82, 2.24) is 9.88 Å². The number of hydrogen-bond donors (Lipinski definition) is 1. The second kappa shape index (κ2) is 5.41. The van der Waals surface area contributed by atoms with E-state index in [1.54, 1.807) is 0 Å². The topological polar surface area (TPSA) is 58.4 Å². The molecule has 23 heavy (non-hydrogen) atoms. The Morgan fingerprint density at radius 3 is 2.91 bits per heavy atom. The van der Waals surface area contributed by atoms with Gasteiger partial charge in [-0.3, -0.25) is 4.79 Å². The number of likely N-dealkylation sites (tertiary alicyclic amines) is 1.